The molecule has 1 aliphatic heterocycles. The van der Waals surface area contributed by atoms with Crippen LogP contribution in [0.15, 0.2) is 24.3 Å². The van der Waals surface area contributed by atoms with Crippen LogP contribution in [0.4, 0.5) is 0 Å². The van der Waals surface area contributed by atoms with Crippen LogP contribution in [-0.4, -0.2) is 33.3 Å². The number of benzene rings is 1. The Kier molecular flexibility index (Phi) is 4.80. The first-order valence-electron chi connectivity index (χ1n) is 6.64. The van der Waals surface area contributed by atoms with E-state index in [0.29, 0.717) is 18.3 Å². The molecule has 0 saturated carbocycles. The van der Waals surface area contributed by atoms with Gasteiger partial charge >= 0.3 is 5.97 Å². The van der Waals surface area contributed by atoms with E-state index in [0.717, 1.165) is 25.3 Å². The fourth-order valence-corrected chi connectivity index (χ4v) is 2.64. The van der Waals surface area contributed by atoms with Crippen molar-refractivity contribution in [1.29, 1.82) is 0 Å². The third kappa shape index (κ3) is 3.70. The van der Waals surface area contributed by atoms with Crippen LogP contribution in [0.25, 0.3) is 0 Å². The van der Waals surface area contributed by atoms with Crippen molar-refractivity contribution < 1.29 is 14.3 Å². The number of hydrogen-bond donors (Lipinski definition) is 1. The van der Waals surface area contributed by atoms with E-state index in [4.69, 9.17) is 9.47 Å². The summed E-state index contributed by atoms with van der Waals surface area (Å²) in [7, 11) is 3.11. The third-order valence-electron chi connectivity index (χ3n) is 3.71. The van der Waals surface area contributed by atoms with E-state index in [2.05, 4.69) is 17.4 Å². The summed E-state index contributed by atoms with van der Waals surface area (Å²) in [5.74, 6) is 1.56. The second-order valence-corrected chi connectivity index (χ2v) is 5.01. The lowest BCUT2D eigenvalue weighted by Crippen LogP contribution is -2.36. The van der Waals surface area contributed by atoms with E-state index in [1.807, 2.05) is 12.1 Å². The minimum Gasteiger partial charge on any atom is -0.497 e. The normalized spacial score (nSPS) is 22.8. The van der Waals surface area contributed by atoms with E-state index in [1.165, 1.54) is 12.7 Å². The largest absolute Gasteiger partial charge is 0.497 e. The number of hydrogen-bond acceptors (Lipinski definition) is 4. The quantitative estimate of drug-likeness (QED) is 0.844. The van der Waals surface area contributed by atoms with Gasteiger partial charge in [0.1, 0.15) is 5.75 Å². The van der Waals surface area contributed by atoms with Crippen molar-refractivity contribution in [2.75, 3.05) is 27.3 Å². The molecule has 2 rings (SSSR count). The van der Waals surface area contributed by atoms with Gasteiger partial charge in [-0.1, -0.05) is 12.1 Å². The molecule has 1 aromatic carbocycles. The van der Waals surface area contributed by atoms with E-state index in [-0.39, 0.29) is 5.97 Å². The van der Waals surface area contributed by atoms with Crippen molar-refractivity contribution in [3.05, 3.63) is 29.8 Å². The third-order valence-corrected chi connectivity index (χ3v) is 3.71. The second-order valence-electron chi connectivity index (χ2n) is 5.01. The van der Waals surface area contributed by atoms with Gasteiger partial charge < -0.3 is 14.8 Å². The van der Waals surface area contributed by atoms with Crippen LogP contribution in [0, 0.1) is 5.92 Å². The fraction of sp³-hybridized carbons (Fsp3) is 0.533. The molecule has 0 amide bonds. The van der Waals surface area contributed by atoms with Gasteiger partial charge in [0, 0.05) is 13.0 Å². The molecule has 1 heterocycles. The van der Waals surface area contributed by atoms with E-state index < -0.39 is 0 Å². The summed E-state index contributed by atoms with van der Waals surface area (Å²) in [5.41, 5.74) is 1.29. The topological polar surface area (TPSA) is 47.6 Å². The molecule has 0 bridgehead atoms. The Bertz CT molecular complexity index is 416. The van der Waals surface area contributed by atoms with Crippen molar-refractivity contribution in [2.24, 2.45) is 5.92 Å². The van der Waals surface area contributed by atoms with Crippen molar-refractivity contribution in [1.82, 2.24) is 5.32 Å². The number of ether oxygens (including phenoxy) is 2. The molecule has 0 spiro atoms. The van der Waals surface area contributed by atoms with Gasteiger partial charge in [0.2, 0.25) is 0 Å². The first kappa shape index (κ1) is 13.9. The van der Waals surface area contributed by atoms with Gasteiger partial charge in [0.25, 0.3) is 0 Å². The minimum atomic E-state index is -0.123. The zero-order chi connectivity index (χ0) is 13.7. The number of carbonyl (C=O) groups is 1. The van der Waals surface area contributed by atoms with Gasteiger partial charge in [-0.15, -0.1) is 0 Å². The second kappa shape index (κ2) is 6.57. The Morgan fingerprint density at radius 2 is 2.00 bits per heavy atom. The molecule has 0 aromatic heterocycles. The molecular formula is C15H21NO3. The molecular weight excluding hydrogens is 242 g/mol. The Hall–Kier alpha value is -1.55. The zero-order valence-electron chi connectivity index (χ0n) is 11.5. The Morgan fingerprint density at radius 3 is 2.63 bits per heavy atom. The first-order chi connectivity index (χ1) is 9.22. The standard InChI is InChI=1S/C15H21NO3/c1-18-14-5-3-12(4-6-14)13-7-11(9-16-10-13)8-15(17)19-2/h3-6,11,13,16H,7-10H2,1-2H3. The summed E-state index contributed by atoms with van der Waals surface area (Å²) in [6, 6.07) is 8.18. The first-order valence-corrected chi connectivity index (χ1v) is 6.64. The molecule has 1 aromatic rings. The maximum Gasteiger partial charge on any atom is 0.305 e. The summed E-state index contributed by atoms with van der Waals surface area (Å²) in [6.07, 6.45) is 1.52. The van der Waals surface area contributed by atoms with Crippen molar-refractivity contribution in [3.8, 4) is 5.75 Å². The van der Waals surface area contributed by atoms with Gasteiger partial charge in [0.15, 0.2) is 0 Å². The maximum atomic E-state index is 11.3. The SMILES string of the molecule is COC(=O)CC1CNCC(c2ccc(OC)cc2)C1. The van der Waals surface area contributed by atoms with Crippen molar-refractivity contribution in [2.45, 2.75) is 18.8 Å². The summed E-state index contributed by atoms with van der Waals surface area (Å²) in [6.45, 7) is 1.85. The molecule has 2 unspecified atom stereocenters. The molecule has 0 radical (unpaired) electrons. The molecule has 0 aliphatic carbocycles. The Morgan fingerprint density at radius 1 is 1.26 bits per heavy atom. The summed E-state index contributed by atoms with van der Waals surface area (Å²) < 4.78 is 9.91. The van der Waals surface area contributed by atoms with Gasteiger partial charge in [-0.05, 0) is 42.5 Å². The summed E-state index contributed by atoms with van der Waals surface area (Å²) >= 11 is 0. The molecule has 4 heteroatoms. The van der Waals surface area contributed by atoms with Crippen LogP contribution in [0.3, 0.4) is 0 Å². The number of carbonyl (C=O) groups excluding carboxylic acids is 1. The molecule has 1 N–H and O–H groups in total. The fourth-order valence-electron chi connectivity index (χ4n) is 2.64. The van der Waals surface area contributed by atoms with Crippen LogP contribution in [-0.2, 0) is 9.53 Å². The van der Waals surface area contributed by atoms with E-state index in [9.17, 15) is 4.79 Å². The lowest BCUT2D eigenvalue weighted by Gasteiger charge is -2.29. The molecule has 1 fully saturated rings. The number of esters is 1. The molecule has 2 atom stereocenters. The van der Waals surface area contributed by atoms with E-state index >= 15 is 0 Å². The summed E-state index contributed by atoms with van der Waals surface area (Å²) in [5, 5.41) is 3.40. The molecule has 1 aliphatic rings. The number of rotatable bonds is 4. The predicted molar refractivity (Wildman–Crippen MR) is 73.3 cm³/mol. The highest BCUT2D eigenvalue weighted by atomic mass is 16.5. The van der Waals surface area contributed by atoms with Crippen LogP contribution < -0.4 is 10.1 Å². The highest BCUT2D eigenvalue weighted by molar-refractivity contribution is 5.69. The van der Waals surface area contributed by atoms with Crippen LogP contribution >= 0.6 is 0 Å². The smallest absolute Gasteiger partial charge is 0.305 e. The van der Waals surface area contributed by atoms with Crippen LogP contribution in [0.5, 0.6) is 5.75 Å². The highest BCUT2D eigenvalue weighted by Gasteiger charge is 2.24. The Balaban J connectivity index is 1.97. The van der Waals surface area contributed by atoms with Crippen molar-refractivity contribution >= 4 is 5.97 Å². The number of piperidine rings is 1. The number of methoxy groups -OCH3 is 2. The van der Waals surface area contributed by atoms with Gasteiger partial charge in [0.05, 0.1) is 14.2 Å². The predicted octanol–water partition coefficient (Wildman–Crippen LogP) is 1.95. The van der Waals surface area contributed by atoms with Gasteiger partial charge in [-0.2, -0.15) is 0 Å². The van der Waals surface area contributed by atoms with Crippen LogP contribution in [0.1, 0.15) is 24.3 Å². The summed E-state index contributed by atoms with van der Waals surface area (Å²) in [4.78, 5) is 11.3. The van der Waals surface area contributed by atoms with Crippen LogP contribution in [0.2, 0.25) is 0 Å². The molecule has 1 saturated heterocycles. The van der Waals surface area contributed by atoms with Gasteiger partial charge in [-0.3, -0.25) is 4.79 Å². The average Bonchev–Trinajstić information content (AvgIpc) is 2.47. The van der Waals surface area contributed by atoms with E-state index in [1.54, 1.807) is 7.11 Å². The average molecular weight is 263 g/mol. The lowest BCUT2D eigenvalue weighted by atomic mass is 9.84. The lowest BCUT2D eigenvalue weighted by molar-refractivity contribution is -0.141. The molecule has 19 heavy (non-hydrogen) atoms. The minimum absolute atomic E-state index is 0.123. The molecule has 104 valence electrons. The molecule has 4 nitrogen and oxygen atoms in total. The van der Waals surface area contributed by atoms with Crippen molar-refractivity contribution in [3.63, 3.8) is 0 Å². The van der Waals surface area contributed by atoms with Gasteiger partial charge in [-0.25, -0.2) is 0 Å². The zero-order valence-corrected chi connectivity index (χ0v) is 11.5. The Labute approximate surface area is 114 Å². The monoisotopic (exact) mass is 263 g/mol. The highest BCUT2D eigenvalue weighted by Crippen LogP contribution is 2.29. The number of nitrogens with one attached hydrogen (secondary N) is 1. The maximum absolute atomic E-state index is 11.3.